The smallest absolute Gasteiger partial charge is 0.303 e. The van der Waals surface area contributed by atoms with Crippen molar-refractivity contribution < 1.29 is 9.53 Å². The molecule has 0 spiro atoms. The molecule has 3 nitrogen and oxygen atoms in total. The van der Waals surface area contributed by atoms with Gasteiger partial charge in [0.15, 0.2) is 0 Å². The van der Waals surface area contributed by atoms with Crippen LogP contribution in [-0.4, -0.2) is 17.1 Å². The summed E-state index contributed by atoms with van der Waals surface area (Å²) in [7, 11) is 0. The summed E-state index contributed by atoms with van der Waals surface area (Å²) in [5, 5.41) is 0. The van der Waals surface area contributed by atoms with Gasteiger partial charge in [0.1, 0.15) is 5.60 Å². The SMILES string of the molecule is C#CCC1(OC(C)=O)CCCCC1(C)N. The normalized spacial score (nSPS) is 35.6. The number of hydrogen-bond donors (Lipinski definition) is 1. The Morgan fingerprint density at radius 2 is 2.13 bits per heavy atom. The van der Waals surface area contributed by atoms with Crippen molar-refractivity contribution in [1.82, 2.24) is 0 Å². The number of esters is 1. The third kappa shape index (κ3) is 2.32. The summed E-state index contributed by atoms with van der Waals surface area (Å²) in [4.78, 5) is 11.1. The van der Waals surface area contributed by atoms with Crippen LogP contribution in [0.3, 0.4) is 0 Å². The molecule has 0 aromatic carbocycles. The number of terminal acetylenes is 1. The molecule has 1 fully saturated rings. The molecule has 0 bridgehead atoms. The lowest BCUT2D eigenvalue weighted by Gasteiger charge is -2.47. The Balaban J connectivity index is 2.96. The van der Waals surface area contributed by atoms with Crippen molar-refractivity contribution in [1.29, 1.82) is 0 Å². The minimum atomic E-state index is -0.661. The van der Waals surface area contributed by atoms with E-state index in [1.54, 1.807) is 0 Å². The van der Waals surface area contributed by atoms with E-state index < -0.39 is 11.1 Å². The molecule has 0 radical (unpaired) electrons. The molecule has 1 rings (SSSR count). The van der Waals surface area contributed by atoms with Gasteiger partial charge in [0.05, 0.1) is 12.0 Å². The van der Waals surface area contributed by atoms with E-state index in [9.17, 15) is 4.79 Å². The minimum Gasteiger partial charge on any atom is -0.456 e. The Labute approximate surface area is 91.4 Å². The first kappa shape index (κ1) is 12.1. The summed E-state index contributed by atoms with van der Waals surface area (Å²) < 4.78 is 5.43. The number of carbonyl (C=O) groups excluding carboxylic acids is 1. The maximum absolute atomic E-state index is 11.1. The van der Waals surface area contributed by atoms with E-state index >= 15 is 0 Å². The van der Waals surface area contributed by atoms with E-state index in [-0.39, 0.29) is 5.97 Å². The highest BCUT2D eigenvalue weighted by atomic mass is 16.6. The molecule has 1 aliphatic rings. The van der Waals surface area contributed by atoms with Crippen LogP contribution in [0.25, 0.3) is 0 Å². The van der Waals surface area contributed by atoms with Gasteiger partial charge in [0.25, 0.3) is 0 Å². The summed E-state index contributed by atoms with van der Waals surface area (Å²) in [6, 6.07) is 0. The predicted octanol–water partition coefficient (Wildman–Crippen LogP) is 1.60. The van der Waals surface area contributed by atoms with Gasteiger partial charge in [-0.25, -0.2) is 0 Å². The minimum absolute atomic E-state index is 0.302. The molecular formula is C12H19NO2. The second kappa shape index (κ2) is 4.24. The fourth-order valence-electron chi connectivity index (χ4n) is 2.35. The van der Waals surface area contributed by atoms with Gasteiger partial charge in [-0.1, -0.05) is 6.42 Å². The molecule has 0 aromatic heterocycles. The van der Waals surface area contributed by atoms with Gasteiger partial charge in [-0.05, 0) is 26.2 Å². The molecule has 2 unspecified atom stereocenters. The third-order valence-electron chi connectivity index (χ3n) is 3.29. The van der Waals surface area contributed by atoms with Crippen molar-refractivity contribution >= 4 is 5.97 Å². The summed E-state index contributed by atoms with van der Waals surface area (Å²) >= 11 is 0. The lowest BCUT2D eigenvalue weighted by Crippen LogP contribution is -2.62. The number of rotatable bonds is 2. The molecule has 0 amide bonds. The van der Waals surface area contributed by atoms with Gasteiger partial charge in [-0.3, -0.25) is 4.79 Å². The lowest BCUT2D eigenvalue weighted by molar-refractivity contribution is -0.169. The third-order valence-corrected chi connectivity index (χ3v) is 3.29. The van der Waals surface area contributed by atoms with Gasteiger partial charge in [0.2, 0.25) is 0 Å². The van der Waals surface area contributed by atoms with Crippen molar-refractivity contribution in [3.05, 3.63) is 0 Å². The highest BCUT2D eigenvalue weighted by molar-refractivity contribution is 5.67. The average Bonchev–Trinajstić information content (AvgIpc) is 2.09. The van der Waals surface area contributed by atoms with Crippen molar-refractivity contribution in [2.45, 2.75) is 57.1 Å². The molecule has 3 heteroatoms. The standard InChI is InChI=1S/C12H19NO2/c1-4-7-12(15-10(2)14)9-6-5-8-11(12,3)13/h1H,5-9,13H2,2-3H3. The van der Waals surface area contributed by atoms with E-state index in [0.717, 1.165) is 25.7 Å². The monoisotopic (exact) mass is 209 g/mol. The second-order valence-corrected chi connectivity index (χ2v) is 4.59. The topological polar surface area (TPSA) is 52.3 Å². The van der Waals surface area contributed by atoms with Crippen molar-refractivity contribution in [3.63, 3.8) is 0 Å². The Hall–Kier alpha value is -1.01. The van der Waals surface area contributed by atoms with Gasteiger partial charge >= 0.3 is 5.97 Å². The van der Waals surface area contributed by atoms with Crippen LogP contribution in [0, 0.1) is 12.3 Å². The summed E-state index contributed by atoms with van der Waals surface area (Å²) in [6.07, 6.45) is 9.45. The highest BCUT2D eigenvalue weighted by Crippen LogP contribution is 2.40. The van der Waals surface area contributed by atoms with Crippen LogP contribution in [0.15, 0.2) is 0 Å². The zero-order valence-electron chi connectivity index (χ0n) is 9.51. The van der Waals surface area contributed by atoms with Gasteiger partial charge in [-0.2, -0.15) is 0 Å². The van der Waals surface area contributed by atoms with Crippen LogP contribution in [0.2, 0.25) is 0 Å². The lowest BCUT2D eigenvalue weighted by atomic mass is 9.69. The zero-order chi connectivity index (χ0) is 11.5. The van der Waals surface area contributed by atoms with E-state index in [4.69, 9.17) is 16.9 Å². The van der Waals surface area contributed by atoms with Crippen LogP contribution in [0.5, 0.6) is 0 Å². The van der Waals surface area contributed by atoms with Gasteiger partial charge in [-0.15, -0.1) is 12.3 Å². The summed E-state index contributed by atoms with van der Waals surface area (Å²) in [5.41, 5.74) is 5.05. The van der Waals surface area contributed by atoms with Crippen molar-refractivity contribution in [2.24, 2.45) is 5.73 Å². The Kier molecular flexibility index (Phi) is 3.41. The predicted molar refractivity (Wildman–Crippen MR) is 59.0 cm³/mol. The van der Waals surface area contributed by atoms with Crippen LogP contribution < -0.4 is 5.73 Å². The first-order valence-electron chi connectivity index (χ1n) is 5.35. The fraction of sp³-hybridized carbons (Fsp3) is 0.750. The van der Waals surface area contributed by atoms with E-state index in [2.05, 4.69) is 5.92 Å². The van der Waals surface area contributed by atoms with E-state index in [1.165, 1.54) is 6.92 Å². The molecular weight excluding hydrogens is 190 g/mol. The molecule has 1 saturated carbocycles. The quantitative estimate of drug-likeness (QED) is 0.555. The van der Waals surface area contributed by atoms with Crippen molar-refractivity contribution in [3.8, 4) is 12.3 Å². The molecule has 0 aliphatic heterocycles. The largest absolute Gasteiger partial charge is 0.456 e. The van der Waals surface area contributed by atoms with Crippen molar-refractivity contribution in [2.75, 3.05) is 0 Å². The summed E-state index contributed by atoms with van der Waals surface area (Å²) in [5.74, 6) is 2.28. The van der Waals surface area contributed by atoms with Crippen LogP contribution in [0.4, 0.5) is 0 Å². The molecule has 84 valence electrons. The van der Waals surface area contributed by atoms with Crippen LogP contribution in [-0.2, 0) is 9.53 Å². The highest BCUT2D eigenvalue weighted by Gasteiger charge is 2.49. The molecule has 2 N–H and O–H groups in total. The van der Waals surface area contributed by atoms with Gasteiger partial charge in [0, 0.05) is 6.92 Å². The fourth-order valence-corrected chi connectivity index (χ4v) is 2.35. The molecule has 0 saturated heterocycles. The maximum Gasteiger partial charge on any atom is 0.303 e. The number of hydrogen-bond acceptors (Lipinski definition) is 3. The maximum atomic E-state index is 11.1. The van der Waals surface area contributed by atoms with Gasteiger partial charge < -0.3 is 10.5 Å². The van der Waals surface area contributed by atoms with Crippen LogP contribution in [0.1, 0.15) is 46.0 Å². The second-order valence-electron chi connectivity index (χ2n) is 4.59. The number of nitrogens with two attached hydrogens (primary N) is 1. The molecule has 0 heterocycles. The number of carbonyl (C=O) groups is 1. The Morgan fingerprint density at radius 1 is 1.53 bits per heavy atom. The Morgan fingerprint density at radius 3 is 2.60 bits per heavy atom. The zero-order valence-corrected chi connectivity index (χ0v) is 9.51. The molecule has 1 aliphatic carbocycles. The van der Waals surface area contributed by atoms with E-state index in [0.29, 0.717) is 6.42 Å². The summed E-state index contributed by atoms with van der Waals surface area (Å²) in [6.45, 7) is 3.33. The molecule has 15 heavy (non-hydrogen) atoms. The van der Waals surface area contributed by atoms with Crippen LogP contribution >= 0.6 is 0 Å². The molecule has 2 atom stereocenters. The number of ether oxygens (including phenoxy) is 1. The molecule has 0 aromatic rings. The average molecular weight is 209 g/mol. The van der Waals surface area contributed by atoms with E-state index in [1.807, 2.05) is 6.92 Å². The first-order chi connectivity index (χ1) is 6.93. The first-order valence-corrected chi connectivity index (χ1v) is 5.35. The Bertz CT molecular complexity index is 290.